The van der Waals surface area contributed by atoms with Crippen molar-refractivity contribution in [3.05, 3.63) is 54.4 Å². The Labute approximate surface area is 158 Å². The second-order valence-electron chi connectivity index (χ2n) is 7.32. The van der Waals surface area contributed by atoms with E-state index in [2.05, 4.69) is 15.0 Å². The van der Waals surface area contributed by atoms with Crippen LogP contribution in [0.4, 0.5) is 0 Å². The highest BCUT2D eigenvalue weighted by molar-refractivity contribution is 5.91. The quantitative estimate of drug-likeness (QED) is 0.727. The van der Waals surface area contributed by atoms with Gasteiger partial charge in [0, 0.05) is 38.0 Å². The van der Waals surface area contributed by atoms with Crippen molar-refractivity contribution in [3.63, 3.8) is 0 Å². The monoisotopic (exact) mass is 368 g/mol. The van der Waals surface area contributed by atoms with Gasteiger partial charge in [0.25, 0.3) is 5.91 Å². The lowest BCUT2D eigenvalue weighted by Gasteiger charge is -2.53. The molecule has 2 aliphatic rings. The van der Waals surface area contributed by atoms with Crippen molar-refractivity contribution in [1.82, 2.24) is 19.9 Å². The van der Waals surface area contributed by atoms with E-state index in [1.807, 2.05) is 12.1 Å². The molecule has 0 unspecified atom stereocenters. The van der Waals surface area contributed by atoms with Gasteiger partial charge in [-0.1, -0.05) is 0 Å². The first-order valence-electron chi connectivity index (χ1n) is 9.41. The molecule has 27 heavy (non-hydrogen) atoms. The first kappa shape index (κ1) is 18.0. The summed E-state index contributed by atoms with van der Waals surface area (Å²) in [6.45, 7) is 3.36. The predicted molar refractivity (Wildman–Crippen MR) is 97.9 cm³/mol. The molecule has 7 nitrogen and oxygen atoms in total. The van der Waals surface area contributed by atoms with Crippen LogP contribution in [0.3, 0.4) is 0 Å². The summed E-state index contributed by atoms with van der Waals surface area (Å²) in [5, 5.41) is 0. The number of likely N-dealkylation sites (tertiary alicyclic amines) is 1. The van der Waals surface area contributed by atoms with E-state index in [1.54, 1.807) is 35.8 Å². The Hall–Kier alpha value is -2.38. The van der Waals surface area contributed by atoms with E-state index < -0.39 is 0 Å². The predicted octanol–water partition coefficient (Wildman–Crippen LogP) is 2.10. The molecule has 0 radical (unpaired) electrons. The second kappa shape index (κ2) is 8.10. The van der Waals surface area contributed by atoms with Crippen LogP contribution in [-0.4, -0.2) is 57.7 Å². The molecule has 1 spiro atoms. The summed E-state index contributed by atoms with van der Waals surface area (Å²) >= 11 is 0. The van der Waals surface area contributed by atoms with E-state index in [1.165, 1.54) is 0 Å². The molecular weight excluding hydrogens is 344 g/mol. The van der Waals surface area contributed by atoms with Crippen LogP contribution in [0.2, 0.25) is 0 Å². The van der Waals surface area contributed by atoms with Gasteiger partial charge in [-0.25, -0.2) is 9.97 Å². The van der Waals surface area contributed by atoms with Crippen molar-refractivity contribution < 1.29 is 14.3 Å². The average molecular weight is 368 g/mol. The SMILES string of the molecule is O=C(c1ncccn1)N1CC2(C[C@H](CCOCc3ccncc3)CCO2)C1. The molecule has 142 valence electrons. The first-order chi connectivity index (χ1) is 13.2. The van der Waals surface area contributed by atoms with Crippen molar-refractivity contribution in [3.8, 4) is 0 Å². The zero-order valence-corrected chi connectivity index (χ0v) is 15.3. The number of aromatic nitrogens is 3. The molecule has 2 aromatic rings. The minimum absolute atomic E-state index is 0.118. The van der Waals surface area contributed by atoms with Gasteiger partial charge in [0.15, 0.2) is 0 Å². The second-order valence-corrected chi connectivity index (χ2v) is 7.32. The molecule has 7 heteroatoms. The van der Waals surface area contributed by atoms with Gasteiger partial charge in [-0.3, -0.25) is 9.78 Å². The molecular formula is C20H24N4O3. The number of nitrogens with zero attached hydrogens (tertiary/aromatic N) is 4. The Morgan fingerprint density at radius 2 is 2.00 bits per heavy atom. The van der Waals surface area contributed by atoms with Crippen LogP contribution in [0.25, 0.3) is 0 Å². The van der Waals surface area contributed by atoms with Crippen LogP contribution < -0.4 is 0 Å². The normalized spacial score (nSPS) is 21.0. The number of hydrogen-bond donors (Lipinski definition) is 0. The molecule has 0 bridgehead atoms. The number of pyridine rings is 1. The lowest BCUT2D eigenvalue weighted by atomic mass is 9.79. The van der Waals surface area contributed by atoms with Crippen molar-refractivity contribution in [2.24, 2.45) is 5.92 Å². The third-order valence-electron chi connectivity index (χ3n) is 5.29. The summed E-state index contributed by atoms with van der Waals surface area (Å²) in [6, 6.07) is 5.65. The van der Waals surface area contributed by atoms with Crippen LogP contribution in [-0.2, 0) is 16.1 Å². The summed E-state index contributed by atoms with van der Waals surface area (Å²) in [6.07, 6.45) is 9.80. The molecule has 1 atom stereocenters. The summed E-state index contributed by atoms with van der Waals surface area (Å²) in [5.41, 5.74) is 0.947. The van der Waals surface area contributed by atoms with Crippen LogP contribution in [0.15, 0.2) is 43.0 Å². The van der Waals surface area contributed by atoms with Crippen LogP contribution in [0.1, 0.15) is 35.4 Å². The van der Waals surface area contributed by atoms with E-state index in [0.717, 1.165) is 38.0 Å². The summed E-state index contributed by atoms with van der Waals surface area (Å²) < 4.78 is 11.9. The van der Waals surface area contributed by atoms with Crippen molar-refractivity contribution in [2.45, 2.75) is 31.5 Å². The summed E-state index contributed by atoms with van der Waals surface area (Å²) in [7, 11) is 0. The molecule has 2 fully saturated rings. The molecule has 2 aromatic heterocycles. The largest absolute Gasteiger partial charge is 0.377 e. The molecule has 1 amide bonds. The maximum Gasteiger partial charge on any atom is 0.291 e. The highest BCUT2D eigenvalue weighted by atomic mass is 16.5. The fraction of sp³-hybridized carbons (Fsp3) is 0.500. The Balaban J connectivity index is 1.21. The lowest BCUT2D eigenvalue weighted by molar-refractivity contribution is -0.167. The van der Waals surface area contributed by atoms with Gasteiger partial charge in [0.2, 0.25) is 5.82 Å². The molecule has 0 aliphatic carbocycles. The van der Waals surface area contributed by atoms with Gasteiger partial charge < -0.3 is 14.4 Å². The fourth-order valence-electron chi connectivity index (χ4n) is 3.86. The van der Waals surface area contributed by atoms with E-state index in [9.17, 15) is 4.79 Å². The number of amides is 1. The average Bonchev–Trinajstić information content (AvgIpc) is 2.70. The van der Waals surface area contributed by atoms with Crippen molar-refractivity contribution >= 4 is 5.91 Å². The number of carbonyl (C=O) groups is 1. The van der Waals surface area contributed by atoms with Gasteiger partial charge in [-0.05, 0) is 48.9 Å². The van der Waals surface area contributed by atoms with Gasteiger partial charge >= 0.3 is 0 Å². The minimum Gasteiger partial charge on any atom is -0.377 e. The zero-order valence-electron chi connectivity index (χ0n) is 15.3. The van der Waals surface area contributed by atoms with Gasteiger partial charge in [0.05, 0.1) is 19.7 Å². The van der Waals surface area contributed by atoms with Gasteiger partial charge in [-0.15, -0.1) is 0 Å². The van der Waals surface area contributed by atoms with Gasteiger partial charge in [0.1, 0.15) is 5.60 Å². The van der Waals surface area contributed by atoms with E-state index in [-0.39, 0.29) is 17.3 Å². The topological polar surface area (TPSA) is 77.4 Å². The molecule has 0 saturated carbocycles. The Morgan fingerprint density at radius 3 is 2.78 bits per heavy atom. The molecule has 4 heterocycles. The smallest absolute Gasteiger partial charge is 0.291 e. The van der Waals surface area contributed by atoms with E-state index >= 15 is 0 Å². The van der Waals surface area contributed by atoms with Crippen LogP contribution in [0.5, 0.6) is 0 Å². The fourth-order valence-corrected chi connectivity index (χ4v) is 3.86. The summed E-state index contributed by atoms with van der Waals surface area (Å²) in [5.74, 6) is 0.707. The minimum atomic E-state index is -0.196. The third kappa shape index (κ3) is 4.31. The Morgan fingerprint density at radius 1 is 1.22 bits per heavy atom. The molecule has 0 aromatic carbocycles. The maximum absolute atomic E-state index is 12.4. The van der Waals surface area contributed by atoms with Gasteiger partial charge in [-0.2, -0.15) is 0 Å². The van der Waals surface area contributed by atoms with E-state index in [4.69, 9.17) is 9.47 Å². The standard InChI is InChI=1S/C20H24N4O3/c25-19(18-22-6-1-7-23-18)24-14-20(15-24)12-16(5-11-27-20)4-10-26-13-17-2-8-21-9-3-17/h1-3,6-9,16H,4-5,10-15H2/t16-/m1/s1. The molecule has 2 saturated heterocycles. The van der Waals surface area contributed by atoms with Crippen molar-refractivity contribution in [1.29, 1.82) is 0 Å². The van der Waals surface area contributed by atoms with Crippen molar-refractivity contribution in [2.75, 3.05) is 26.3 Å². The highest BCUT2D eigenvalue weighted by Gasteiger charge is 2.49. The highest BCUT2D eigenvalue weighted by Crippen LogP contribution is 2.38. The molecule has 0 N–H and O–H groups in total. The number of ether oxygens (including phenoxy) is 2. The molecule has 4 rings (SSSR count). The molecule has 2 aliphatic heterocycles. The Bertz CT molecular complexity index is 750. The Kier molecular flexibility index (Phi) is 5.40. The zero-order chi connectivity index (χ0) is 18.5. The number of carbonyl (C=O) groups excluding carboxylic acids is 1. The summed E-state index contributed by atoms with van der Waals surface area (Å²) in [4.78, 5) is 26.3. The number of rotatable bonds is 6. The third-order valence-corrected chi connectivity index (χ3v) is 5.29. The van der Waals surface area contributed by atoms with Crippen LogP contribution >= 0.6 is 0 Å². The van der Waals surface area contributed by atoms with Crippen LogP contribution in [0, 0.1) is 5.92 Å². The van der Waals surface area contributed by atoms with E-state index in [0.29, 0.717) is 25.6 Å². The maximum atomic E-state index is 12.4. The number of hydrogen-bond acceptors (Lipinski definition) is 6. The first-order valence-corrected chi connectivity index (χ1v) is 9.41. The lowest BCUT2D eigenvalue weighted by Crippen LogP contribution is -2.66.